The van der Waals surface area contributed by atoms with Crippen molar-refractivity contribution in [1.82, 2.24) is 0 Å². The highest BCUT2D eigenvalue weighted by Gasteiger charge is 2.44. The van der Waals surface area contributed by atoms with Crippen LogP contribution in [0.3, 0.4) is 0 Å². The molecule has 3 heterocycles. The van der Waals surface area contributed by atoms with E-state index in [4.69, 9.17) is 25.8 Å². The molecule has 2 bridgehead atoms. The molecular formula is C12H13ClO3. The van der Waals surface area contributed by atoms with Crippen LogP contribution in [-0.4, -0.2) is 25.8 Å². The van der Waals surface area contributed by atoms with E-state index in [9.17, 15) is 0 Å². The van der Waals surface area contributed by atoms with Crippen molar-refractivity contribution in [3.63, 3.8) is 0 Å². The van der Waals surface area contributed by atoms with Crippen LogP contribution >= 0.6 is 11.6 Å². The largest absolute Gasteiger partial charge is 0.327 e. The third-order valence-electron chi connectivity index (χ3n) is 2.95. The Balaban J connectivity index is 1.75. The number of halogens is 1. The van der Waals surface area contributed by atoms with Crippen LogP contribution in [-0.2, 0) is 20.6 Å². The highest BCUT2D eigenvalue weighted by molar-refractivity contribution is 6.30. The summed E-state index contributed by atoms with van der Waals surface area (Å²) < 4.78 is 16.9. The number of rotatable bonds is 2. The number of benzene rings is 1. The van der Waals surface area contributed by atoms with Gasteiger partial charge in [0.05, 0.1) is 26.2 Å². The monoisotopic (exact) mass is 240 g/mol. The first-order valence-electron chi connectivity index (χ1n) is 5.42. The first-order chi connectivity index (χ1) is 7.76. The topological polar surface area (TPSA) is 27.7 Å². The summed E-state index contributed by atoms with van der Waals surface area (Å²) in [5.41, 5.74) is 1.10. The Hall–Kier alpha value is -0.610. The quantitative estimate of drug-likeness (QED) is 0.794. The molecule has 0 aromatic heterocycles. The molecule has 0 aliphatic carbocycles. The minimum absolute atomic E-state index is 0.395. The van der Waals surface area contributed by atoms with Crippen molar-refractivity contribution in [1.29, 1.82) is 0 Å². The van der Waals surface area contributed by atoms with E-state index in [1.165, 1.54) is 0 Å². The van der Waals surface area contributed by atoms with Gasteiger partial charge in [-0.25, -0.2) is 0 Å². The molecule has 4 rings (SSSR count). The van der Waals surface area contributed by atoms with Crippen molar-refractivity contribution in [2.75, 3.05) is 19.8 Å². The lowest BCUT2D eigenvalue weighted by Crippen LogP contribution is -2.55. The molecule has 0 radical (unpaired) electrons. The van der Waals surface area contributed by atoms with Crippen LogP contribution in [0, 0.1) is 5.92 Å². The third-order valence-corrected chi connectivity index (χ3v) is 3.20. The fourth-order valence-electron chi connectivity index (χ4n) is 2.01. The van der Waals surface area contributed by atoms with Crippen molar-refractivity contribution in [3.8, 4) is 0 Å². The first kappa shape index (κ1) is 10.5. The van der Waals surface area contributed by atoms with E-state index in [1.807, 2.05) is 24.3 Å². The van der Waals surface area contributed by atoms with E-state index < -0.39 is 5.97 Å². The molecule has 0 amide bonds. The van der Waals surface area contributed by atoms with Crippen LogP contribution in [0.1, 0.15) is 5.56 Å². The highest BCUT2D eigenvalue weighted by Crippen LogP contribution is 2.33. The van der Waals surface area contributed by atoms with Gasteiger partial charge in [-0.15, -0.1) is 0 Å². The van der Waals surface area contributed by atoms with Gasteiger partial charge in [-0.05, 0) is 17.7 Å². The third kappa shape index (κ3) is 1.96. The number of hydrogen-bond acceptors (Lipinski definition) is 3. The number of hydrogen-bond donors (Lipinski definition) is 0. The van der Waals surface area contributed by atoms with Crippen LogP contribution in [0.25, 0.3) is 0 Å². The van der Waals surface area contributed by atoms with Gasteiger partial charge in [0.2, 0.25) is 0 Å². The van der Waals surface area contributed by atoms with Gasteiger partial charge in [0.25, 0.3) is 5.97 Å². The van der Waals surface area contributed by atoms with E-state index in [1.54, 1.807) is 0 Å². The molecule has 3 aliphatic rings. The Morgan fingerprint density at radius 1 is 1.06 bits per heavy atom. The van der Waals surface area contributed by atoms with Crippen molar-refractivity contribution < 1.29 is 14.2 Å². The molecule has 0 atom stereocenters. The Kier molecular flexibility index (Phi) is 2.64. The van der Waals surface area contributed by atoms with Crippen molar-refractivity contribution in [3.05, 3.63) is 34.9 Å². The lowest BCUT2D eigenvalue weighted by molar-refractivity contribution is -0.447. The zero-order valence-electron chi connectivity index (χ0n) is 8.82. The molecule has 1 aromatic carbocycles. The maximum Gasteiger partial charge on any atom is 0.287 e. The molecule has 3 fully saturated rings. The molecule has 1 aromatic rings. The summed E-state index contributed by atoms with van der Waals surface area (Å²) in [4.78, 5) is 0. The second kappa shape index (κ2) is 4.00. The van der Waals surface area contributed by atoms with Crippen LogP contribution in [0.15, 0.2) is 24.3 Å². The fourth-order valence-corrected chi connectivity index (χ4v) is 2.14. The first-order valence-corrected chi connectivity index (χ1v) is 5.80. The molecule has 0 saturated carbocycles. The smallest absolute Gasteiger partial charge is 0.287 e. The van der Waals surface area contributed by atoms with E-state index in [2.05, 4.69) is 0 Å². The van der Waals surface area contributed by atoms with Gasteiger partial charge in [-0.2, -0.15) is 0 Å². The van der Waals surface area contributed by atoms with Gasteiger partial charge in [0.1, 0.15) is 0 Å². The Morgan fingerprint density at radius 3 is 2.19 bits per heavy atom. The Labute approximate surface area is 99.3 Å². The van der Waals surface area contributed by atoms with E-state index >= 15 is 0 Å². The van der Waals surface area contributed by atoms with E-state index in [-0.39, 0.29) is 0 Å². The molecule has 3 nitrogen and oxygen atoms in total. The summed E-state index contributed by atoms with van der Waals surface area (Å²) in [6.45, 7) is 2.19. The SMILES string of the molecule is Clc1ccc(CC23OCC(CO2)CO3)cc1. The van der Waals surface area contributed by atoms with Gasteiger partial charge < -0.3 is 14.2 Å². The Bertz CT molecular complexity index is 355. The second-order valence-corrected chi connectivity index (χ2v) is 4.72. The predicted octanol–water partition coefficient (Wildman–Crippen LogP) is 2.23. The molecule has 86 valence electrons. The average molecular weight is 241 g/mol. The van der Waals surface area contributed by atoms with Gasteiger partial charge in [-0.3, -0.25) is 0 Å². The molecule has 3 saturated heterocycles. The van der Waals surface area contributed by atoms with Crippen molar-refractivity contribution in [2.45, 2.75) is 12.4 Å². The van der Waals surface area contributed by atoms with Gasteiger partial charge in [0, 0.05) is 10.9 Å². The normalized spacial score (nSPS) is 32.9. The van der Waals surface area contributed by atoms with Crippen LogP contribution < -0.4 is 0 Å². The standard InChI is InChI=1S/C12H13ClO3/c13-11-3-1-9(2-4-11)5-12-14-6-10(7-15-12)8-16-12/h1-4,10H,5-8H2. The van der Waals surface area contributed by atoms with Crippen LogP contribution in [0.2, 0.25) is 5.02 Å². The maximum atomic E-state index is 5.84. The predicted molar refractivity (Wildman–Crippen MR) is 59.2 cm³/mol. The number of fused-ring (bicyclic) bond motifs is 3. The molecule has 0 unspecified atom stereocenters. The van der Waals surface area contributed by atoms with Gasteiger partial charge >= 0.3 is 0 Å². The molecule has 4 heteroatoms. The lowest BCUT2D eigenvalue weighted by Gasteiger charge is -2.45. The maximum absolute atomic E-state index is 5.84. The lowest BCUT2D eigenvalue weighted by atomic mass is 10.1. The summed E-state index contributed by atoms with van der Waals surface area (Å²) in [7, 11) is 0. The zero-order valence-corrected chi connectivity index (χ0v) is 9.57. The molecule has 3 aliphatic heterocycles. The molecule has 0 N–H and O–H groups in total. The summed E-state index contributed by atoms with van der Waals surface area (Å²) in [6, 6.07) is 7.66. The van der Waals surface area contributed by atoms with Crippen molar-refractivity contribution in [2.24, 2.45) is 5.92 Å². The second-order valence-electron chi connectivity index (χ2n) is 4.29. The zero-order chi connectivity index (χ0) is 11.0. The minimum atomic E-state index is -0.859. The summed E-state index contributed by atoms with van der Waals surface area (Å²) in [5, 5.41) is 0.733. The van der Waals surface area contributed by atoms with Crippen molar-refractivity contribution >= 4 is 11.6 Å². The summed E-state index contributed by atoms with van der Waals surface area (Å²) >= 11 is 5.84. The summed E-state index contributed by atoms with van der Waals surface area (Å²) in [5.74, 6) is -0.463. The highest BCUT2D eigenvalue weighted by atomic mass is 35.5. The van der Waals surface area contributed by atoms with Gasteiger partial charge in [-0.1, -0.05) is 23.7 Å². The van der Waals surface area contributed by atoms with Gasteiger partial charge in [0.15, 0.2) is 0 Å². The summed E-state index contributed by atoms with van der Waals surface area (Å²) in [6.07, 6.45) is 0.608. The molecule has 0 spiro atoms. The number of ether oxygens (including phenoxy) is 3. The van der Waals surface area contributed by atoms with E-state index in [0.29, 0.717) is 12.3 Å². The molecule has 16 heavy (non-hydrogen) atoms. The molecular weight excluding hydrogens is 228 g/mol. The van der Waals surface area contributed by atoms with Crippen LogP contribution in [0.4, 0.5) is 0 Å². The fraction of sp³-hybridized carbons (Fsp3) is 0.500. The minimum Gasteiger partial charge on any atom is -0.327 e. The van der Waals surface area contributed by atoms with Crippen LogP contribution in [0.5, 0.6) is 0 Å². The Morgan fingerprint density at radius 2 is 1.62 bits per heavy atom. The van der Waals surface area contributed by atoms with E-state index in [0.717, 1.165) is 30.4 Å². The average Bonchev–Trinajstić information content (AvgIpc) is 2.34.